The van der Waals surface area contributed by atoms with Gasteiger partial charge in [-0.3, -0.25) is 10.1 Å². The number of nitrogens with zero attached hydrogens (tertiary/aromatic N) is 3. The van der Waals surface area contributed by atoms with Crippen LogP contribution in [0.25, 0.3) is 0 Å². The van der Waals surface area contributed by atoms with Gasteiger partial charge in [0.1, 0.15) is 0 Å². The molecule has 2 heterocycles. The maximum Gasteiger partial charge on any atom is 0.322 e. The van der Waals surface area contributed by atoms with E-state index < -0.39 is 5.91 Å². The van der Waals surface area contributed by atoms with Crippen LogP contribution < -0.4 is 14.8 Å². The number of carbonyl (C=O) groups is 1. The molecule has 0 aliphatic carbocycles. The lowest BCUT2D eigenvalue weighted by molar-refractivity contribution is 0.102. The summed E-state index contributed by atoms with van der Waals surface area (Å²) in [4.78, 5) is 12.2. The van der Waals surface area contributed by atoms with E-state index in [1.807, 2.05) is 24.3 Å². The predicted octanol–water partition coefficient (Wildman–Crippen LogP) is 2.51. The third-order valence-electron chi connectivity index (χ3n) is 3.76. The summed E-state index contributed by atoms with van der Waals surface area (Å²) in [5.74, 6) is 1.35. The number of rotatable bonds is 4. The quantitative estimate of drug-likeness (QED) is 0.771. The molecule has 26 heavy (non-hydrogen) atoms. The van der Waals surface area contributed by atoms with Crippen molar-refractivity contribution in [3.8, 4) is 17.6 Å². The Morgan fingerprint density at radius 1 is 1.12 bits per heavy atom. The van der Waals surface area contributed by atoms with Gasteiger partial charge in [0.05, 0.1) is 18.1 Å². The van der Waals surface area contributed by atoms with Gasteiger partial charge in [-0.25, -0.2) is 0 Å². The van der Waals surface area contributed by atoms with Crippen molar-refractivity contribution in [2.45, 2.75) is 6.42 Å². The van der Waals surface area contributed by atoms with Gasteiger partial charge in [-0.1, -0.05) is 11.2 Å². The number of amides is 1. The van der Waals surface area contributed by atoms with Gasteiger partial charge in [-0.05, 0) is 42.0 Å². The molecule has 128 valence electrons. The lowest BCUT2D eigenvalue weighted by atomic mass is 10.1. The fourth-order valence-electron chi connectivity index (χ4n) is 2.47. The average molecular weight is 348 g/mol. The van der Waals surface area contributed by atoms with Crippen molar-refractivity contribution in [1.29, 1.82) is 5.26 Å². The molecule has 1 aliphatic heterocycles. The minimum absolute atomic E-state index is 0.00935. The molecule has 0 radical (unpaired) electrons. The van der Waals surface area contributed by atoms with Gasteiger partial charge in [-0.15, -0.1) is 5.10 Å². The van der Waals surface area contributed by atoms with Crippen molar-refractivity contribution in [3.05, 3.63) is 65.0 Å². The Balaban J connectivity index is 1.42. The van der Waals surface area contributed by atoms with Crippen molar-refractivity contribution in [1.82, 2.24) is 10.2 Å². The number of hydrogen-bond donors (Lipinski definition) is 1. The number of aromatic nitrogens is 2. The Kier molecular flexibility index (Phi) is 3.95. The number of nitrogens with one attached hydrogen (secondary N) is 1. The molecule has 8 nitrogen and oxygen atoms in total. The minimum Gasteiger partial charge on any atom is -0.454 e. The van der Waals surface area contributed by atoms with Crippen LogP contribution in [-0.2, 0) is 6.42 Å². The van der Waals surface area contributed by atoms with Crippen LogP contribution in [0.2, 0.25) is 0 Å². The number of ether oxygens (including phenoxy) is 2. The molecule has 0 unspecified atom stereocenters. The lowest BCUT2D eigenvalue weighted by Gasteiger charge is -2.01. The number of benzene rings is 2. The molecule has 0 saturated carbocycles. The molecule has 0 fully saturated rings. The summed E-state index contributed by atoms with van der Waals surface area (Å²) >= 11 is 0. The van der Waals surface area contributed by atoms with E-state index in [0.717, 1.165) is 5.56 Å². The number of nitriles is 1. The zero-order valence-corrected chi connectivity index (χ0v) is 13.4. The van der Waals surface area contributed by atoms with Crippen molar-refractivity contribution in [3.63, 3.8) is 0 Å². The van der Waals surface area contributed by atoms with Crippen LogP contribution in [0.15, 0.2) is 46.9 Å². The highest BCUT2D eigenvalue weighted by Crippen LogP contribution is 2.33. The first-order chi connectivity index (χ1) is 12.7. The van der Waals surface area contributed by atoms with E-state index >= 15 is 0 Å². The topological polar surface area (TPSA) is 110 Å². The van der Waals surface area contributed by atoms with Gasteiger partial charge in [-0.2, -0.15) is 5.26 Å². The largest absolute Gasteiger partial charge is 0.454 e. The Morgan fingerprint density at radius 2 is 1.92 bits per heavy atom. The van der Waals surface area contributed by atoms with Gasteiger partial charge >= 0.3 is 6.01 Å². The molecule has 0 atom stereocenters. The maximum absolute atomic E-state index is 12.2. The minimum atomic E-state index is -0.396. The Labute approximate surface area is 148 Å². The third-order valence-corrected chi connectivity index (χ3v) is 3.76. The maximum atomic E-state index is 12.2. The summed E-state index contributed by atoms with van der Waals surface area (Å²) in [6, 6.07) is 13.8. The SMILES string of the molecule is N#Cc1ccc(C(=O)Nc2nnc(Cc3ccc4c(c3)OCO4)o2)cc1. The van der Waals surface area contributed by atoms with Crippen LogP contribution in [0, 0.1) is 11.3 Å². The molecule has 2 aromatic carbocycles. The second-order valence-electron chi connectivity index (χ2n) is 5.51. The van der Waals surface area contributed by atoms with Crippen LogP contribution in [0.4, 0.5) is 6.01 Å². The van der Waals surface area contributed by atoms with Gasteiger partial charge in [0, 0.05) is 5.56 Å². The van der Waals surface area contributed by atoms with Crippen LogP contribution in [0.3, 0.4) is 0 Å². The van der Waals surface area contributed by atoms with Gasteiger partial charge in [0.2, 0.25) is 12.7 Å². The van der Waals surface area contributed by atoms with E-state index in [-0.39, 0.29) is 12.8 Å². The van der Waals surface area contributed by atoms with E-state index in [1.165, 1.54) is 0 Å². The Hall–Kier alpha value is -3.86. The first-order valence-corrected chi connectivity index (χ1v) is 7.74. The van der Waals surface area contributed by atoms with Crippen molar-refractivity contribution >= 4 is 11.9 Å². The number of hydrogen-bond acceptors (Lipinski definition) is 7. The van der Waals surface area contributed by atoms with Crippen LogP contribution in [-0.4, -0.2) is 22.9 Å². The molecule has 1 aromatic heterocycles. The van der Waals surface area contributed by atoms with Crippen molar-refractivity contribution < 1.29 is 18.7 Å². The fourth-order valence-corrected chi connectivity index (χ4v) is 2.47. The van der Waals surface area contributed by atoms with Crippen LogP contribution in [0.5, 0.6) is 11.5 Å². The first-order valence-electron chi connectivity index (χ1n) is 7.74. The summed E-state index contributed by atoms with van der Waals surface area (Å²) < 4.78 is 16.1. The highest BCUT2D eigenvalue weighted by Gasteiger charge is 2.16. The summed E-state index contributed by atoms with van der Waals surface area (Å²) in [5, 5.41) is 19.1. The molecule has 1 aliphatic rings. The number of carbonyl (C=O) groups excluding carboxylic acids is 1. The molecular weight excluding hydrogens is 336 g/mol. The molecule has 1 amide bonds. The van der Waals surface area contributed by atoms with E-state index in [4.69, 9.17) is 19.2 Å². The highest BCUT2D eigenvalue weighted by molar-refractivity contribution is 6.03. The molecule has 3 aromatic rings. The summed E-state index contributed by atoms with van der Waals surface area (Å²) in [6.07, 6.45) is 0.399. The summed E-state index contributed by atoms with van der Waals surface area (Å²) in [5.41, 5.74) is 1.78. The van der Waals surface area contributed by atoms with Crippen molar-refractivity contribution in [2.75, 3.05) is 12.1 Å². The van der Waals surface area contributed by atoms with E-state index in [1.54, 1.807) is 24.3 Å². The standard InChI is InChI=1S/C18H12N4O4/c19-9-11-1-4-13(5-2-11)17(23)20-18-22-21-16(26-18)8-12-3-6-14-15(7-12)25-10-24-14/h1-7H,8,10H2,(H,20,22,23). The Bertz CT molecular complexity index is 1000. The molecule has 8 heteroatoms. The average Bonchev–Trinajstić information content (AvgIpc) is 3.30. The highest BCUT2D eigenvalue weighted by atomic mass is 16.7. The first kappa shape index (κ1) is 15.7. The van der Waals surface area contributed by atoms with Crippen molar-refractivity contribution in [2.24, 2.45) is 0 Å². The normalized spacial score (nSPS) is 11.8. The molecule has 1 N–H and O–H groups in total. The zero-order chi connectivity index (χ0) is 17.9. The lowest BCUT2D eigenvalue weighted by Crippen LogP contribution is -2.12. The van der Waals surface area contributed by atoms with E-state index in [0.29, 0.717) is 34.9 Å². The molecular formula is C18H12N4O4. The zero-order valence-electron chi connectivity index (χ0n) is 13.4. The number of anilines is 1. The van der Waals surface area contributed by atoms with E-state index in [9.17, 15) is 4.79 Å². The smallest absolute Gasteiger partial charge is 0.322 e. The van der Waals surface area contributed by atoms with Gasteiger partial charge in [0.15, 0.2) is 11.5 Å². The molecule has 0 bridgehead atoms. The third kappa shape index (κ3) is 3.18. The van der Waals surface area contributed by atoms with Gasteiger partial charge < -0.3 is 13.9 Å². The second-order valence-corrected chi connectivity index (χ2v) is 5.51. The summed E-state index contributed by atoms with van der Waals surface area (Å²) in [7, 11) is 0. The summed E-state index contributed by atoms with van der Waals surface area (Å²) in [6.45, 7) is 0.213. The van der Waals surface area contributed by atoms with Crippen LogP contribution >= 0.6 is 0 Å². The molecule has 0 spiro atoms. The second kappa shape index (κ2) is 6.57. The number of fused-ring (bicyclic) bond motifs is 1. The van der Waals surface area contributed by atoms with Gasteiger partial charge in [0.25, 0.3) is 5.91 Å². The molecule has 4 rings (SSSR count). The van der Waals surface area contributed by atoms with E-state index in [2.05, 4.69) is 15.5 Å². The monoisotopic (exact) mass is 348 g/mol. The van der Waals surface area contributed by atoms with Crippen LogP contribution in [0.1, 0.15) is 27.4 Å². The predicted molar refractivity (Wildman–Crippen MR) is 88.8 cm³/mol. The Morgan fingerprint density at radius 3 is 2.73 bits per heavy atom. The fraction of sp³-hybridized carbons (Fsp3) is 0.111. The molecule has 0 saturated heterocycles.